The van der Waals surface area contributed by atoms with E-state index in [0.717, 1.165) is 40.0 Å². The third-order valence-electron chi connectivity index (χ3n) is 4.62. The van der Waals surface area contributed by atoms with Crippen LogP contribution in [0.1, 0.15) is 36.8 Å². The lowest BCUT2D eigenvalue weighted by Gasteiger charge is -2.19. The summed E-state index contributed by atoms with van der Waals surface area (Å²) in [6.07, 6.45) is 4.32. The molecule has 5 heteroatoms. The van der Waals surface area contributed by atoms with Crippen LogP contribution in [0.5, 0.6) is 0 Å². The topological polar surface area (TPSA) is 66.8 Å². The van der Waals surface area contributed by atoms with Crippen molar-refractivity contribution in [2.75, 3.05) is 13.2 Å². The van der Waals surface area contributed by atoms with Gasteiger partial charge in [-0.2, -0.15) is 0 Å². The monoisotopic (exact) mass is 365 g/mol. The van der Waals surface area contributed by atoms with Crippen LogP contribution in [-0.4, -0.2) is 35.2 Å². The summed E-state index contributed by atoms with van der Waals surface area (Å²) >= 11 is 0. The molecule has 0 bridgehead atoms. The summed E-state index contributed by atoms with van der Waals surface area (Å²) in [5.41, 5.74) is 4.55. The number of nitrogens with zero attached hydrogens (tertiary/aromatic N) is 1. The molecule has 5 nitrogen and oxygen atoms in total. The van der Waals surface area contributed by atoms with Crippen molar-refractivity contribution in [2.24, 2.45) is 0 Å². The number of unbranched alkanes of at least 4 members (excludes halogenated alkanes) is 1. The van der Waals surface area contributed by atoms with Crippen LogP contribution in [0.25, 0.3) is 11.1 Å². The molecule has 2 aromatic carbocycles. The Balaban J connectivity index is 1.75. The van der Waals surface area contributed by atoms with Crippen molar-refractivity contribution >= 4 is 12.1 Å². The third kappa shape index (κ3) is 4.19. The Morgan fingerprint density at radius 1 is 1.07 bits per heavy atom. The number of carboxylic acids is 1. The molecule has 0 unspecified atom stereocenters. The number of carbonyl (C=O) groups is 2. The van der Waals surface area contributed by atoms with Crippen molar-refractivity contribution in [2.45, 2.75) is 25.7 Å². The van der Waals surface area contributed by atoms with Gasteiger partial charge in [-0.1, -0.05) is 68.0 Å². The van der Waals surface area contributed by atoms with E-state index >= 15 is 0 Å². The molecule has 0 spiro atoms. The number of aliphatic carboxylic acids is 1. The third-order valence-corrected chi connectivity index (χ3v) is 4.62. The number of carbonyl (C=O) groups excluding carboxylic acids is 1. The Morgan fingerprint density at radius 2 is 1.67 bits per heavy atom. The van der Waals surface area contributed by atoms with Crippen molar-refractivity contribution in [3.8, 4) is 11.1 Å². The molecule has 0 fully saturated rings. The zero-order valence-electron chi connectivity index (χ0n) is 15.3. The molecule has 27 heavy (non-hydrogen) atoms. The zero-order chi connectivity index (χ0) is 19.2. The lowest BCUT2D eigenvalue weighted by Crippen LogP contribution is -2.32. The zero-order valence-corrected chi connectivity index (χ0v) is 15.3. The predicted octanol–water partition coefficient (Wildman–Crippen LogP) is 4.64. The van der Waals surface area contributed by atoms with Gasteiger partial charge < -0.3 is 9.84 Å². The Bertz CT molecular complexity index is 813. The highest BCUT2D eigenvalue weighted by Crippen LogP contribution is 2.44. The second kappa shape index (κ2) is 8.54. The predicted molar refractivity (Wildman–Crippen MR) is 103 cm³/mol. The average molecular weight is 365 g/mol. The molecule has 0 radical (unpaired) electrons. The van der Waals surface area contributed by atoms with Crippen LogP contribution in [0.2, 0.25) is 0 Å². The molecule has 1 N–H and O–H groups in total. The molecular formula is C22H23NO4. The van der Waals surface area contributed by atoms with Crippen LogP contribution in [0.3, 0.4) is 0 Å². The fourth-order valence-corrected chi connectivity index (χ4v) is 3.37. The Hall–Kier alpha value is -3.08. The van der Waals surface area contributed by atoms with Gasteiger partial charge in [-0.15, -0.1) is 0 Å². The maximum Gasteiger partial charge on any atom is 0.414 e. The second-order valence-corrected chi connectivity index (χ2v) is 6.50. The lowest BCUT2D eigenvalue weighted by molar-refractivity contribution is -0.137. The fraction of sp³-hybridized carbons (Fsp3) is 0.273. The molecule has 1 amide bonds. The van der Waals surface area contributed by atoms with Crippen LogP contribution in [0.4, 0.5) is 4.79 Å². The van der Waals surface area contributed by atoms with Gasteiger partial charge >= 0.3 is 12.1 Å². The SMILES string of the molecule is CCCC=CN(CC(=O)O)C(=O)OCC1c2ccccc2-c2ccccc21. The first-order chi connectivity index (χ1) is 13.1. The van der Waals surface area contributed by atoms with Gasteiger partial charge in [0.05, 0.1) is 0 Å². The maximum atomic E-state index is 12.4. The number of hydrogen-bond donors (Lipinski definition) is 1. The largest absolute Gasteiger partial charge is 0.480 e. The Morgan fingerprint density at radius 3 is 2.22 bits per heavy atom. The van der Waals surface area contributed by atoms with E-state index < -0.39 is 18.6 Å². The maximum absolute atomic E-state index is 12.4. The summed E-state index contributed by atoms with van der Waals surface area (Å²) in [4.78, 5) is 24.6. The number of carboxylic acid groups (broad SMARTS) is 1. The number of benzene rings is 2. The fourth-order valence-electron chi connectivity index (χ4n) is 3.37. The van der Waals surface area contributed by atoms with E-state index in [4.69, 9.17) is 9.84 Å². The van der Waals surface area contributed by atoms with Gasteiger partial charge in [0.1, 0.15) is 13.2 Å². The quantitative estimate of drug-likeness (QED) is 0.776. The molecule has 0 saturated carbocycles. The molecule has 2 aromatic rings. The molecule has 0 aromatic heterocycles. The Kier molecular flexibility index (Phi) is 5.91. The minimum Gasteiger partial charge on any atom is -0.480 e. The molecule has 3 rings (SSSR count). The summed E-state index contributed by atoms with van der Waals surface area (Å²) in [5, 5.41) is 9.05. The summed E-state index contributed by atoms with van der Waals surface area (Å²) in [6, 6.07) is 16.2. The summed E-state index contributed by atoms with van der Waals surface area (Å²) in [7, 11) is 0. The second-order valence-electron chi connectivity index (χ2n) is 6.50. The number of ether oxygens (including phenoxy) is 1. The molecule has 0 heterocycles. The molecule has 0 aliphatic heterocycles. The highest BCUT2D eigenvalue weighted by Gasteiger charge is 2.29. The highest BCUT2D eigenvalue weighted by molar-refractivity contribution is 5.80. The van der Waals surface area contributed by atoms with Crippen LogP contribution in [0, 0.1) is 0 Å². The van der Waals surface area contributed by atoms with Crippen molar-refractivity contribution in [3.63, 3.8) is 0 Å². The summed E-state index contributed by atoms with van der Waals surface area (Å²) < 4.78 is 5.51. The average Bonchev–Trinajstić information content (AvgIpc) is 2.99. The van der Waals surface area contributed by atoms with Crippen LogP contribution in [0.15, 0.2) is 60.8 Å². The van der Waals surface area contributed by atoms with Crippen LogP contribution >= 0.6 is 0 Å². The molecular weight excluding hydrogens is 342 g/mol. The number of amides is 1. The van der Waals surface area contributed by atoms with Crippen LogP contribution < -0.4 is 0 Å². The minimum atomic E-state index is -1.08. The van der Waals surface area contributed by atoms with Gasteiger partial charge in [-0.05, 0) is 28.7 Å². The summed E-state index contributed by atoms with van der Waals surface area (Å²) in [5.74, 6) is -1.13. The standard InChI is InChI=1S/C22H23NO4/c1-2-3-8-13-23(14-21(24)25)22(26)27-15-20-18-11-6-4-9-16(18)17-10-5-7-12-19(17)20/h4-13,20H,2-3,14-15H2,1H3,(H,24,25). The number of fused-ring (bicyclic) bond motifs is 3. The summed E-state index contributed by atoms with van der Waals surface area (Å²) in [6.45, 7) is 1.76. The first-order valence-corrected chi connectivity index (χ1v) is 9.12. The van der Waals surface area contributed by atoms with Gasteiger partial charge in [0.2, 0.25) is 0 Å². The molecule has 1 aliphatic carbocycles. The smallest absolute Gasteiger partial charge is 0.414 e. The highest BCUT2D eigenvalue weighted by atomic mass is 16.6. The van der Waals surface area contributed by atoms with E-state index in [0.29, 0.717) is 0 Å². The van der Waals surface area contributed by atoms with Crippen molar-refractivity contribution in [1.82, 2.24) is 4.90 Å². The van der Waals surface area contributed by atoms with Gasteiger partial charge in [0, 0.05) is 12.1 Å². The first-order valence-electron chi connectivity index (χ1n) is 9.12. The van der Waals surface area contributed by atoms with E-state index in [1.807, 2.05) is 43.3 Å². The lowest BCUT2D eigenvalue weighted by atomic mass is 9.98. The van der Waals surface area contributed by atoms with Crippen LogP contribution in [-0.2, 0) is 9.53 Å². The van der Waals surface area contributed by atoms with E-state index in [2.05, 4.69) is 12.1 Å². The van der Waals surface area contributed by atoms with Gasteiger partial charge in [0.15, 0.2) is 0 Å². The molecule has 1 aliphatic rings. The van der Waals surface area contributed by atoms with E-state index in [1.165, 1.54) is 6.20 Å². The number of hydrogen-bond acceptors (Lipinski definition) is 3. The number of allylic oxidation sites excluding steroid dienone is 1. The molecule has 0 saturated heterocycles. The van der Waals surface area contributed by atoms with Crippen molar-refractivity contribution in [3.05, 3.63) is 71.9 Å². The van der Waals surface area contributed by atoms with E-state index in [9.17, 15) is 9.59 Å². The number of rotatable bonds is 7. The van der Waals surface area contributed by atoms with Gasteiger partial charge in [-0.25, -0.2) is 4.79 Å². The Labute approximate surface area is 158 Å². The first kappa shape index (κ1) is 18.7. The normalized spacial score (nSPS) is 12.6. The van der Waals surface area contributed by atoms with Gasteiger partial charge in [-0.3, -0.25) is 9.69 Å². The van der Waals surface area contributed by atoms with Crippen molar-refractivity contribution in [1.29, 1.82) is 0 Å². The van der Waals surface area contributed by atoms with E-state index in [1.54, 1.807) is 6.08 Å². The molecule has 0 atom stereocenters. The van der Waals surface area contributed by atoms with Gasteiger partial charge in [0.25, 0.3) is 0 Å². The molecule has 140 valence electrons. The minimum absolute atomic E-state index is 0.0485. The van der Waals surface area contributed by atoms with E-state index in [-0.39, 0.29) is 12.5 Å². The van der Waals surface area contributed by atoms with Crippen molar-refractivity contribution < 1.29 is 19.4 Å².